The van der Waals surface area contributed by atoms with E-state index in [1.54, 1.807) is 0 Å². The third-order valence-corrected chi connectivity index (χ3v) is 5.11. The van der Waals surface area contributed by atoms with Crippen molar-refractivity contribution < 1.29 is 4.74 Å². The number of hydrogen-bond acceptors (Lipinski definition) is 2. The Morgan fingerprint density at radius 3 is 2.40 bits per heavy atom. The summed E-state index contributed by atoms with van der Waals surface area (Å²) >= 11 is 0. The van der Waals surface area contributed by atoms with Crippen molar-refractivity contribution >= 4 is 0 Å². The highest BCUT2D eigenvalue weighted by molar-refractivity contribution is 5.41. The average Bonchev–Trinajstić information content (AvgIpc) is 2.56. The van der Waals surface area contributed by atoms with Gasteiger partial charge in [0.15, 0.2) is 0 Å². The fourth-order valence-corrected chi connectivity index (χ4v) is 3.89. The SMILES string of the molecule is COc1ccc(C2CCNCC2)cc1C1CCCCC1. The molecule has 2 fully saturated rings. The van der Waals surface area contributed by atoms with Gasteiger partial charge in [0.05, 0.1) is 7.11 Å². The summed E-state index contributed by atoms with van der Waals surface area (Å²) in [6, 6.07) is 6.97. The van der Waals surface area contributed by atoms with E-state index in [1.807, 2.05) is 7.11 Å². The Morgan fingerprint density at radius 1 is 0.950 bits per heavy atom. The van der Waals surface area contributed by atoms with Crippen molar-refractivity contribution in [2.75, 3.05) is 20.2 Å². The Bertz CT molecular complexity index is 431. The third kappa shape index (κ3) is 3.01. The van der Waals surface area contributed by atoms with Gasteiger partial charge in [0.25, 0.3) is 0 Å². The van der Waals surface area contributed by atoms with Gasteiger partial charge >= 0.3 is 0 Å². The molecule has 2 nitrogen and oxygen atoms in total. The monoisotopic (exact) mass is 273 g/mol. The first kappa shape index (κ1) is 13.9. The highest BCUT2D eigenvalue weighted by atomic mass is 16.5. The largest absolute Gasteiger partial charge is 0.496 e. The van der Waals surface area contributed by atoms with E-state index >= 15 is 0 Å². The van der Waals surface area contributed by atoms with Gasteiger partial charge in [0.2, 0.25) is 0 Å². The lowest BCUT2D eigenvalue weighted by Crippen LogP contribution is -2.26. The maximum Gasteiger partial charge on any atom is 0.122 e. The zero-order chi connectivity index (χ0) is 13.8. The Balaban J connectivity index is 1.85. The van der Waals surface area contributed by atoms with Crippen LogP contribution in [0.3, 0.4) is 0 Å². The summed E-state index contributed by atoms with van der Waals surface area (Å²) in [5.74, 6) is 2.57. The molecule has 0 radical (unpaired) electrons. The van der Waals surface area contributed by atoms with Gasteiger partial charge in [-0.15, -0.1) is 0 Å². The van der Waals surface area contributed by atoms with Crippen LogP contribution in [-0.4, -0.2) is 20.2 Å². The van der Waals surface area contributed by atoms with Crippen molar-refractivity contribution in [3.63, 3.8) is 0 Å². The second-order valence-electron chi connectivity index (χ2n) is 6.36. The molecule has 1 aliphatic carbocycles. The predicted molar refractivity (Wildman–Crippen MR) is 83.7 cm³/mol. The van der Waals surface area contributed by atoms with Crippen LogP contribution in [0.15, 0.2) is 18.2 Å². The molecule has 0 unspecified atom stereocenters. The molecule has 1 N–H and O–H groups in total. The molecule has 3 rings (SSSR count). The molecule has 110 valence electrons. The zero-order valence-electron chi connectivity index (χ0n) is 12.7. The van der Waals surface area contributed by atoms with Gasteiger partial charge in [-0.2, -0.15) is 0 Å². The minimum Gasteiger partial charge on any atom is -0.496 e. The summed E-state index contributed by atoms with van der Waals surface area (Å²) in [5, 5.41) is 3.46. The topological polar surface area (TPSA) is 21.3 Å². The van der Waals surface area contributed by atoms with Gasteiger partial charge in [-0.1, -0.05) is 31.4 Å². The molecular weight excluding hydrogens is 246 g/mol. The average molecular weight is 273 g/mol. The molecule has 2 aliphatic rings. The number of ether oxygens (including phenoxy) is 1. The third-order valence-electron chi connectivity index (χ3n) is 5.11. The molecule has 0 aromatic heterocycles. The Labute approximate surface area is 122 Å². The molecule has 0 spiro atoms. The lowest BCUT2D eigenvalue weighted by Gasteiger charge is -2.27. The predicted octanol–water partition coefficient (Wildman–Crippen LogP) is 4.21. The van der Waals surface area contributed by atoms with E-state index in [0.29, 0.717) is 0 Å². The summed E-state index contributed by atoms with van der Waals surface area (Å²) < 4.78 is 5.63. The molecule has 1 aliphatic heterocycles. The fraction of sp³-hybridized carbons (Fsp3) is 0.667. The lowest BCUT2D eigenvalue weighted by molar-refractivity contribution is 0.385. The first-order chi connectivity index (χ1) is 9.88. The van der Waals surface area contributed by atoms with Crippen molar-refractivity contribution in [1.29, 1.82) is 0 Å². The summed E-state index contributed by atoms with van der Waals surface area (Å²) in [6.45, 7) is 2.32. The summed E-state index contributed by atoms with van der Waals surface area (Å²) in [7, 11) is 1.81. The van der Waals surface area contributed by atoms with Gasteiger partial charge in [0, 0.05) is 0 Å². The second kappa shape index (κ2) is 6.62. The van der Waals surface area contributed by atoms with Crippen molar-refractivity contribution in [2.24, 2.45) is 0 Å². The van der Waals surface area contributed by atoms with E-state index < -0.39 is 0 Å². The lowest BCUT2D eigenvalue weighted by atomic mass is 9.81. The van der Waals surface area contributed by atoms with Gasteiger partial charge < -0.3 is 10.1 Å². The minimum atomic E-state index is 0.723. The van der Waals surface area contributed by atoms with Crippen LogP contribution in [0.5, 0.6) is 5.75 Å². The molecule has 1 aromatic rings. The smallest absolute Gasteiger partial charge is 0.122 e. The van der Waals surface area contributed by atoms with E-state index in [9.17, 15) is 0 Å². The molecule has 0 amide bonds. The van der Waals surface area contributed by atoms with Gasteiger partial charge in [0.1, 0.15) is 5.75 Å². The molecule has 1 aromatic carbocycles. The minimum absolute atomic E-state index is 0.723. The zero-order valence-corrected chi connectivity index (χ0v) is 12.7. The van der Waals surface area contributed by atoms with Crippen LogP contribution in [0.2, 0.25) is 0 Å². The van der Waals surface area contributed by atoms with Crippen LogP contribution in [0, 0.1) is 0 Å². The van der Waals surface area contributed by atoms with Gasteiger partial charge in [-0.25, -0.2) is 0 Å². The number of piperidine rings is 1. The van der Waals surface area contributed by atoms with Crippen molar-refractivity contribution in [3.05, 3.63) is 29.3 Å². The van der Waals surface area contributed by atoms with Crippen LogP contribution < -0.4 is 10.1 Å². The summed E-state index contributed by atoms with van der Waals surface area (Å²) in [4.78, 5) is 0. The van der Waals surface area contributed by atoms with Crippen LogP contribution >= 0.6 is 0 Å². The van der Waals surface area contributed by atoms with E-state index in [2.05, 4.69) is 23.5 Å². The summed E-state index contributed by atoms with van der Waals surface area (Å²) in [5.41, 5.74) is 3.01. The maximum atomic E-state index is 5.63. The highest BCUT2D eigenvalue weighted by Gasteiger charge is 2.22. The maximum absolute atomic E-state index is 5.63. The van der Waals surface area contributed by atoms with Crippen molar-refractivity contribution in [2.45, 2.75) is 56.8 Å². The van der Waals surface area contributed by atoms with E-state index in [1.165, 1.54) is 56.1 Å². The first-order valence-corrected chi connectivity index (χ1v) is 8.27. The number of rotatable bonds is 3. The second-order valence-corrected chi connectivity index (χ2v) is 6.36. The molecule has 0 bridgehead atoms. The van der Waals surface area contributed by atoms with E-state index in [0.717, 1.165) is 30.7 Å². The number of methoxy groups -OCH3 is 1. The number of benzene rings is 1. The van der Waals surface area contributed by atoms with Crippen LogP contribution in [0.4, 0.5) is 0 Å². The van der Waals surface area contributed by atoms with E-state index in [4.69, 9.17) is 4.74 Å². The van der Waals surface area contributed by atoms with Gasteiger partial charge in [-0.05, 0) is 67.8 Å². The van der Waals surface area contributed by atoms with Crippen molar-refractivity contribution in [3.8, 4) is 5.75 Å². The molecular formula is C18H27NO. The first-order valence-electron chi connectivity index (χ1n) is 8.27. The van der Waals surface area contributed by atoms with Gasteiger partial charge in [-0.3, -0.25) is 0 Å². The normalized spacial score (nSPS) is 21.9. The van der Waals surface area contributed by atoms with Crippen LogP contribution in [0.25, 0.3) is 0 Å². The molecule has 20 heavy (non-hydrogen) atoms. The van der Waals surface area contributed by atoms with Crippen LogP contribution in [-0.2, 0) is 0 Å². The van der Waals surface area contributed by atoms with Crippen molar-refractivity contribution in [1.82, 2.24) is 5.32 Å². The number of nitrogens with one attached hydrogen (secondary N) is 1. The highest BCUT2D eigenvalue weighted by Crippen LogP contribution is 2.39. The molecule has 0 atom stereocenters. The van der Waals surface area contributed by atoms with Crippen LogP contribution in [0.1, 0.15) is 67.9 Å². The molecule has 1 saturated carbocycles. The molecule has 1 heterocycles. The molecule has 1 saturated heterocycles. The van der Waals surface area contributed by atoms with E-state index in [-0.39, 0.29) is 0 Å². The standard InChI is InChI=1S/C18H27NO/c1-20-18-8-7-16(14-9-11-19-12-10-14)13-17(18)15-5-3-2-4-6-15/h7-8,13-15,19H,2-6,9-12H2,1H3. The quantitative estimate of drug-likeness (QED) is 0.890. The molecule has 2 heteroatoms. The summed E-state index contributed by atoms with van der Waals surface area (Å²) in [6.07, 6.45) is 9.40. The fourth-order valence-electron chi connectivity index (χ4n) is 3.89. The Kier molecular flexibility index (Phi) is 4.62. The Hall–Kier alpha value is -1.02. The Morgan fingerprint density at radius 2 is 1.70 bits per heavy atom. The number of hydrogen-bond donors (Lipinski definition) is 1.